The first-order valence-corrected chi connectivity index (χ1v) is 6.67. The van der Waals surface area contributed by atoms with E-state index >= 15 is 0 Å². The minimum Gasteiger partial charge on any atom is -0.254 e. The van der Waals surface area contributed by atoms with Gasteiger partial charge in [0.2, 0.25) is 0 Å². The van der Waals surface area contributed by atoms with Crippen LogP contribution in [0.5, 0.6) is 0 Å². The molecule has 0 aliphatic carbocycles. The van der Waals surface area contributed by atoms with Crippen molar-refractivity contribution in [3.8, 4) is 0 Å². The first kappa shape index (κ1) is 15.2. The zero-order valence-electron chi connectivity index (χ0n) is 12.2. The summed E-state index contributed by atoms with van der Waals surface area (Å²) in [6.45, 7) is 13.7. The summed E-state index contributed by atoms with van der Waals surface area (Å²) in [5.41, 5.74) is 5.80. The van der Waals surface area contributed by atoms with Gasteiger partial charge in [-0.1, -0.05) is 30.9 Å². The Hall–Kier alpha value is -1.89. The monoisotopic (exact) mass is 253 g/mol. The van der Waals surface area contributed by atoms with Crippen molar-refractivity contribution in [1.29, 1.82) is 0 Å². The van der Waals surface area contributed by atoms with Crippen LogP contribution in [-0.2, 0) is 6.42 Å². The second-order valence-corrected chi connectivity index (χ2v) is 4.58. The molecular formula is C18H23N. The van der Waals surface area contributed by atoms with E-state index < -0.39 is 0 Å². The molecule has 1 aromatic rings. The Balaban J connectivity index is 3.07. The van der Waals surface area contributed by atoms with Gasteiger partial charge in [0.15, 0.2) is 0 Å². The summed E-state index contributed by atoms with van der Waals surface area (Å²) in [4.78, 5) is 4.57. The maximum atomic E-state index is 4.57. The number of hydrogen-bond donors (Lipinski definition) is 0. The molecule has 0 heterocycles. The fourth-order valence-electron chi connectivity index (χ4n) is 1.91. The molecule has 0 aromatic heterocycles. The summed E-state index contributed by atoms with van der Waals surface area (Å²) in [5.74, 6) is 0. The Morgan fingerprint density at radius 3 is 2.63 bits per heavy atom. The number of aryl methyl sites for hydroxylation is 2. The van der Waals surface area contributed by atoms with E-state index in [-0.39, 0.29) is 0 Å². The van der Waals surface area contributed by atoms with Crippen molar-refractivity contribution in [2.75, 3.05) is 0 Å². The van der Waals surface area contributed by atoms with Crippen molar-refractivity contribution in [1.82, 2.24) is 0 Å². The van der Waals surface area contributed by atoms with Crippen molar-refractivity contribution in [2.45, 2.75) is 33.6 Å². The molecule has 1 aromatic carbocycles. The number of nitrogens with zero attached hydrogens (tertiary/aromatic N) is 1. The van der Waals surface area contributed by atoms with Crippen molar-refractivity contribution in [3.63, 3.8) is 0 Å². The third-order valence-corrected chi connectivity index (χ3v) is 3.19. The maximum Gasteiger partial charge on any atom is 0.0584 e. The van der Waals surface area contributed by atoms with Crippen molar-refractivity contribution >= 4 is 5.71 Å². The van der Waals surface area contributed by atoms with Crippen LogP contribution in [0.1, 0.15) is 37.0 Å². The van der Waals surface area contributed by atoms with Gasteiger partial charge < -0.3 is 0 Å². The van der Waals surface area contributed by atoms with Gasteiger partial charge in [-0.2, -0.15) is 0 Å². The highest BCUT2D eigenvalue weighted by molar-refractivity contribution is 5.99. The van der Waals surface area contributed by atoms with Gasteiger partial charge in [-0.05, 0) is 62.4 Å². The van der Waals surface area contributed by atoms with Crippen molar-refractivity contribution in [3.05, 3.63) is 72.0 Å². The fraction of sp³-hybridized carbons (Fsp3) is 0.278. The topological polar surface area (TPSA) is 12.4 Å². The average molecular weight is 253 g/mol. The second kappa shape index (κ2) is 7.52. The highest BCUT2D eigenvalue weighted by Crippen LogP contribution is 2.15. The van der Waals surface area contributed by atoms with Crippen molar-refractivity contribution in [2.24, 2.45) is 4.99 Å². The summed E-state index contributed by atoms with van der Waals surface area (Å²) in [6.07, 6.45) is 7.74. The summed E-state index contributed by atoms with van der Waals surface area (Å²) < 4.78 is 0. The lowest BCUT2D eigenvalue weighted by Gasteiger charge is -2.08. The number of rotatable bonds is 6. The van der Waals surface area contributed by atoms with Crippen LogP contribution in [0.25, 0.3) is 0 Å². The van der Waals surface area contributed by atoms with Crippen LogP contribution >= 0.6 is 0 Å². The van der Waals surface area contributed by atoms with Crippen LogP contribution in [0.2, 0.25) is 0 Å². The molecule has 100 valence electrons. The highest BCUT2D eigenvalue weighted by Gasteiger charge is 2.03. The molecule has 1 rings (SSSR count). The third kappa shape index (κ3) is 4.36. The first-order chi connectivity index (χ1) is 9.12. The van der Waals surface area contributed by atoms with Gasteiger partial charge in [0.25, 0.3) is 0 Å². The van der Waals surface area contributed by atoms with Gasteiger partial charge in [0, 0.05) is 5.71 Å². The standard InChI is InChI=1S/C18H23N/c1-6-9-10-16-13-17(12-11-14(16)4)15(5)19-18(7-2)8-3/h6-8,11-13H,1-2,9-10H2,3-5H3/b18-8-,19-15+. The normalized spacial score (nSPS) is 12.4. The van der Waals surface area contributed by atoms with Gasteiger partial charge in [0.1, 0.15) is 0 Å². The molecule has 0 spiro atoms. The molecule has 0 aliphatic rings. The van der Waals surface area contributed by atoms with Crippen LogP contribution < -0.4 is 0 Å². The highest BCUT2D eigenvalue weighted by atomic mass is 14.7. The quantitative estimate of drug-likeness (QED) is 0.384. The van der Waals surface area contributed by atoms with E-state index in [0.717, 1.165) is 24.3 Å². The first-order valence-electron chi connectivity index (χ1n) is 6.67. The molecule has 0 bridgehead atoms. The van der Waals surface area contributed by atoms with Gasteiger partial charge in [0.05, 0.1) is 5.70 Å². The summed E-state index contributed by atoms with van der Waals surface area (Å²) >= 11 is 0. The number of allylic oxidation sites excluding steroid dienone is 3. The van der Waals surface area contributed by atoms with Gasteiger partial charge in [-0.3, -0.25) is 4.99 Å². The minimum absolute atomic E-state index is 0.908. The molecule has 1 nitrogen and oxygen atoms in total. The van der Waals surface area contributed by atoms with Gasteiger partial charge in [-0.25, -0.2) is 0 Å². The summed E-state index contributed by atoms with van der Waals surface area (Å²) in [5, 5.41) is 0. The van der Waals surface area contributed by atoms with Crippen LogP contribution in [0.3, 0.4) is 0 Å². The molecule has 0 saturated carbocycles. The number of aliphatic imine (C=N–C) groups is 1. The van der Waals surface area contributed by atoms with Crippen LogP contribution in [-0.4, -0.2) is 5.71 Å². The van der Waals surface area contributed by atoms with E-state index in [1.54, 1.807) is 6.08 Å². The third-order valence-electron chi connectivity index (χ3n) is 3.19. The van der Waals surface area contributed by atoms with E-state index in [1.807, 2.05) is 26.0 Å². The second-order valence-electron chi connectivity index (χ2n) is 4.58. The van der Waals surface area contributed by atoms with E-state index in [2.05, 4.69) is 43.3 Å². The average Bonchev–Trinajstić information content (AvgIpc) is 2.43. The van der Waals surface area contributed by atoms with Crippen LogP contribution in [0.15, 0.2) is 60.3 Å². The molecule has 0 amide bonds. The van der Waals surface area contributed by atoms with E-state index in [1.165, 1.54) is 16.7 Å². The van der Waals surface area contributed by atoms with E-state index in [9.17, 15) is 0 Å². The molecule has 0 radical (unpaired) electrons. The SMILES string of the molecule is C=CCCc1cc(/C(C)=N/C(C=C)=C\C)ccc1C. The largest absolute Gasteiger partial charge is 0.254 e. The molecule has 19 heavy (non-hydrogen) atoms. The fourth-order valence-corrected chi connectivity index (χ4v) is 1.91. The lowest BCUT2D eigenvalue weighted by molar-refractivity contribution is 0.989. The zero-order chi connectivity index (χ0) is 14.3. The smallest absolute Gasteiger partial charge is 0.0584 e. The Morgan fingerprint density at radius 1 is 1.32 bits per heavy atom. The Bertz CT molecular complexity index is 518. The Kier molecular flexibility index (Phi) is 6.01. The van der Waals surface area contributed by atoms with Gasteiger partial charge in [-0.15, -0.1) is 6.58 Å². The lowest BCUT2D eigenvalue weighted by atomic mass is 9.99. The summed E-state index contributed by atoms with van der Waals surface area (Å²) in [6, 6.07) is 6.52. The Morgan fingerprint density at radius 2 is 2.05 bits per heavy atom. The lowest BCUT2D eigenvalue weighted by Crippen LogP contribution is -1.99. The molecule has 0 saturated heterocycles. The molecular weight excluding hydrogens is 230 g/mol. The molecule has 0 fully saturated rings. The van der Waals surface area contributed by atoms with Crippen molar-refractivity contribution < 1.29 is 0 Å². The van der Waals surface area contributed by atoms with E-state index in [4.69, 9.17) is 0 Å². The predicted molar refractivity (Wildman–Crippen MR) is 85.9 cm³/mol. The predicted octanol–water partition coefficient (Wildman–Crippen LogP) is 5.01. The molecule has 0 atom stereocenters. The molecule has 1 heteroatoms. The Labute approximate surface area is 117 Å². The molecule has 0 N–H and O–H groups in total. The maximum absolute atomic E-state index is 4.57. The number of benzene rings is 1. The minimum atomic E-state index is 0.908. The zero-order valence-corrected chi connectivity index (χ0v) is 12.2. The van der Waals surface area contributed by atoms with Crippen LogP contribution in [0, 0.1) is 6.92 Å². The van der Waals surface area contributed by atoms with Gasteiger partial charge >= 0.3 is 0 Å². The number of hydrogen-bond acceptors (Lipinski definition) is 1. The van der Waals surface area contributed by atoms with E-state index in [0.29, 0.717) is 0 Å². The molecule has 0 aliphatic heterocycles. The summed E-state index contributed by atoms with van der Waals surface area (Å²) in [7, 11) is 0. The van der Waals surface area contributed by atoms with Crippen LogP contribution in [0.4, 0.5) is 0 Å². The molecule has 0 unspecified atom stereocenters.